The fourth-order valence-corrected chi connectivity index (χ4v) is 2.23. The molecule has 0 bridgehead atoms. The van der Waals surface area contributed by atoms with Gasteiger partial charge in [0.1, 0.15) is 5.75 Å². The third kappa shape index (κ3) is 3.35. The molecule has 0 aromatic heterocycles. The standard InChI is InChI=1S/C13H18N2O4/c1-2-19-13-8-10(7-11(9-13)15(17)18)14-5-3-12(16)4-6-14/h7-9,12,16H,2-6H2,1H3. The van der Waals surface area contributed by atoms with Crippen LogP contribution in [0.5, 0.6) is 5.75 Å². The van der Waals surface area contributed by atoms with Gasteiger partial charge in [0.05, 0.1) is 23.7 Å². The summed E-state index contributed by atoms with van der Waals surface area (Å²) in [6.45, 7) is 3.72. The van der Waals surface area contributed by atoms with E-state index < -0.39 is 4.92 Å². The third-order valence-electron chi connectivity index (χ3n) is 3.23. The fraction of sp³-hybridized carbons (Fsp3) is 0.538. The number of hydrogen-bond donors (Lipinski definition) is 1. The molecule has 0 saturated carbocycles. The van der Waals surface area contributed by atoms with Gasteiger partial charge in [0.15, 0.2) is 0 Å². The Hall–Kier alpha value is -1.82. The second-order valence-corrected chi connectivity index (χ2v) is 4.59. The Morgan fingerprint density at radius 1 is 1.42 bits per heavy atom. The van der Waals surface area contributed by atoms with Crippen LogP contribution in [0.15, 0.2) is 18.2 Å². The van der Waals surface area contributed by atoms with Gasteiger partial charge < -0.3 is 14.7 Å². The van der Waals surface area contributed by atoms with Crippen LogP contribution >= 0.6 is 0 Å². The average Bonchev–Trinajstić information content (AvgIpc) is 2.39. The predicted octanol–water partition coefficient (Wildman–Crippen LogP) is 1.95. The largest absolute Gasteiger partial charge is 0.494 e. The van der Waals surface area contributed by atoms with E-state index in [9.17, 15) is 15.2 Å². The highest BCUT2D eigenvalue weighted by atomic mass is 16.6. The molecule has 19 heavy (non-hydrogen) atoms. The highest BCUT2D eigenvalue weighted by Gasteiger charge is 2.20. The lowest BCUT2D eigenvalue weighted by Gasteiger charge is -2.31. The van der Waals surface area contributed by atoms with E-state index >= 15 is 0 Å². The number of nitro benzene ring substituents is 1. The summed E-state index contributed by atoms with van der Waals surface area (Å²) < 4.78 is 5.37. The van der Waals surface area contributed by atoms with Gasteiger partial charge in [-0.15, -0.1) is 0 Å². The maximum atomic E-state index is 10.9. The molecule has 2 rings (SSSR count). The molecule has 1 N–H and O–H groups in total. The minimum absolute atomic E-state index is 0.0343. The zero-order valence-corrected chi connectivity index (χ0v) is 10.9. The predicted molar refractivity (Wildman–Crippen MR) is 71.7 cm³/mol. The Balaban J connectivity index is 2.25. The van der Waals surface area contributed by atoms with Crippen molar-refractivity contribution in [3.05, 3.63) is 28.3 Å². The fourth-order valence-electron chi connectivity index (χ4n) is 2.23. The molecule has 6 heteroatoms. The lowest BCUT2D eigenvalue weighted by atomic mass is 10.1. The molecular weight excluding hydrogens is 248 g/mol. The summed E-state index contributed by atoms with van der Waals surface area (Å²) >= 11 is 0. The van der Waals surface area contributed by atoms with Crippen LogP contribution in [0.4, 0.5) is 11.4 Å². The first-order valence-corrected chi connectivity index (χ1v) is 6.45. The van der Waals surface area contributed by atoms with Crippen molar-refractivity contribution in [1.29, 1.82) is 0 Å². The molecule has 1 aromatic rings. The van der Waals surface area contributed by atoms with Gasteiger partial charge in [0.25, 0.3) is 5.69 Å². The van der Waals surface area contributed by atoms with Crippen LogP contribution in [0.2, 0.25) is 0 Å². The van der Waals surface area contributed by atoms with Crippen LogP contribution < -0.4 is 9.64 Å². The van der Waals surface area contributed by atoms with Crippen molar-refractivity contribution in [3.63, 3.8) is 0 Å². The van der Waals surface area contributed by atoms with E-state index in [2.05, 4.69) is 0 Å². The molecule has 1 saturated heterocycles. The van der Waals surface area contributed by atoms with Gasteiger partial charge in [0, 0.05) is 30.9 Å². The van der Waals surface area contributed by atoms with Crippen molar-refractivity contribution in [3.8, 4) is 5.75 Å². The highest BCUT2D eigenvalue weighted by Crippen LogP contribution is 2.30. The van der Waals surface area contributed by atoms with Gasteiger partial charge in [-0.2, -0.15) is 0 Å². The minimum Gasteiger partial charge on any atom is -0.494 e. The van der Waals surface area contributed by atoms with Crippen molar-refractivity contribution < 1.29 is 14.8 Å². The molecule has 0 aliphatic carbocycles. The number of aliphatic hydroxyl groups is 1. The summed E-state index contributed by atoms with van der Waals surface area (Å²) in [6.07, 6.45) is 1.11. The summed E-state index contributed by atoms with van der Waals surface area (Å²) in [5, 5.41) is 20.4. The van der Waals surface area contributed by atoms with Crippen LogP contribution in [0.3, 0.4) is 0 Å². The molecule has 1 fully saturated rings. The number of rotatable bonds is 4. The van der Waals surface area contributed by atoms with E-state index in [4.69, 9.17) is 4.74 Å². The Labute approximate surface area is 111 Å². The zero-order chi connectivity index (χ0) is 13.8. The van der Waals surface area contributed by atoms with E-state index in [0.29, 0.717) is 38.3 Å². The van der Waals surface area contributed by atoms with E-state index in [1.165, 1.54) is 6.07 Å². The van der Waals surface area contributed by atoms with Crippen LogP contribution in [0.25, 0.3) is 0 Å². The Kier molecular flexibility index (Phi) is 4.21. The first kappa shape index (κ1) is 13.6. The average molecular weight is 266 g/mol. The van der Waals surface area contributed by atoms with Crippen molar-refractivity contribution in [2.24, 2.45) is 0 Å². The van der Waals surface area contributed by atoms with Crippen LogP contribution in [0, 0.1) is 10.1 Å². The molecule has 0 atom stereocenters. The van der Waals surface area contributed by atoms with Gasteiger partial charge in [-0.25, -0.2) is 0 Å². The minimum atomic E-state index is -0.412. The maximum absolute atomic E-state index is 10.9. The van der Waals surface area contributed by atoms with E-state index in [1.54, 1.807) is 6.07 Å². The van der Waals surface area contributed by atoms with Gasteiger partial charge in [-0.1, -0.05) is 0 Å². The molecule has 1 aliphatic heterocycles. The second-order valence-electron chi connectivity index (χ2n) is 4.59. The lowest BCUT2D eigenvalue weighted by molar-refractivity contribution is -0.384. The number of hydrogen-bond acceptors (Lipinski definition) is 5. The van der Waals surface area contributed by atoms with Crippen molar-refractivity contribution >= 4 is 11.4 Å². The van der Waals surface area contributed by atoms with Crippen molar-refractivity contribution in [1.82, 2.24) is 0 Å². The SMILES string of the molecule is CCOc1cc(N2CCC(O)CC2)cc([N+](=O)[O-])c1. The number of ether oxygens (including phenoxy) is 1. The third-order valence-corrected chi connectivity index (χ3v) is 3.23. The first-order chi connectivity index (χ1) is 9.10. The monoisotopic (exact) mass is 266 g/mol. The number of piperidine rings is 1. The Morgan fingerprint density at radius 3 is 2.68 bits per heavy atom. The van der Waals surface area contributed by atoms with Crippen molar-refractivity contribution in [2.45, 2.75) is 25.9 Å². The van der Waals surface area contributed by atoms with Crippen LogP contribution in [-0.4, -0.2) is 35.8 Å². The molecule has 0 radical (unpaired) electrons. The second kappa shape index (κ2) is 5.88. The number of non-ortho nitro benzene ring substituents is 1. The normalized spacial score (nSPS) is 16.4. The molecule has 0 spiro atoms. The summed E-state index contributed by atoms with van der Waals surface area (Å²) in [5.74, 6) is 0.512. The summed E-state index contributed by atoms with van der Waals surface area (Å²) in [5.41, 5.74) is 0.816. The number of anilines is 1. The number of benzene rings is 1. The van der Waals surface area contributed by atoms with E-state index in [-0.39, 0.29) is 11.8 Å². The highest BCUT2D eigenvalue weighted by molar-refractivity contribution is 5.58. The van der Waals surface area contributed by atoms with Crippen LogP contribution in [0.1, 0.15) is 19.8 Å². The van der Waals surface area contributed by atoms with E-state index in [1.807, 2.05) is 17.9 Å². The van der Waals surface area contributed by atoms with Gasteiger partial charge in [0.2, 0.25) is 0 Å². The molecule has 1 heterocycles. The Morgan fingerprint density at radius 2 is 2.11 bits per heavy atom. The lowest BCUT2D eigenvalue weighted by Crippen LogP contribution is -2.35. The molecular formula is C13H18N2O4. The summed E-state index contributed by atoms with van der Waals surface area (Å²) in [4.78, 5) is 12.6. The Bertz CT molecular complexity index is 456. The first-order valence-electron chi connectivity index (χ1n) is 6.45. The molecule has 0 amide bonds. The van der Waals surface area contributed by atoms with Gasteiger partial charge in [-0.3, -0.25) is 10.1 Å². The quantitative estimate of drug-likeness (QED) is 0.666. The molecule has 1 aromatic carbocycles. The van der Waals surface area contributed by atoms with E-state index in [0.717, 1.165) is 5.69 Å². The van der Waals surface area contributed by atoms with Crippen molar-refractivity contribution in [2.75, 3.05) is 24.6 Å². The van der Waals surface area contributed by atoms with Gasteiger partial charge in [-0.05, 0) is 19.8 Å². The van der Waals surface area contributed by atoms with Crippen LogP contribution in [-0.2, 0) is 0 Å². The maximum Gasteiger partial charge on any atom is 0.275 e. The number of nitrogens with zero attached hydrogens (tertiary/aromatic N) is 2. The topological polar surface area (TPSA) is 75.8 Å². The van der Waals surface area contributed by atoms with Gasteiger partial charge >= 0.3 is 0 Å². The molecule has 1 aliphatic rings. The molecule has 0 unspecified atom stereocenters. The number of nitro groups is 1. The molecule has 6 nitrogen and oxygen atoms in total. The number of aliphatic hydroxyl groups excluding tert-OH is 1. The summed E-state index contributed by atoms with van der Waals surface area (Å²) in [6, 6.07) is 4.81. The summed E-state index contributed by atoms with van der Waals surface area (Å²) in [7, 11) is 0. The molecule has 104 valence electrons. The smallest absolute Gasteiger partial charge is 0.275 e. The zero-order valence-electron chi connectivity index (χ0n) is 10.9.